The molecule has 0 N–H and O–H groups in total. The Hall–Kier alpha value is -3.56. The van der Waals surface area contributed by atoms with E-state index in [0.717, 1.165) is 46.2 Å². The summed E-state index contributed by atoms with van der Waals surface area (Å²) < 4.78 is 8.29. The molecule has 4 aromatic carbocycles. The van der Waals surface area contributed by atoms with E-state index in [9.17, 15) is 0 Å². The third-order valence-corrected chi connectivity index (χ3v) is 6.29. The number of imidazole rings is 1. The molecule has 0 aliphatic carbocycles. The Balaban J connectivity index is 1.35. The maximum absolute atomic E-state index is 6.14. The van der Waals surface area contributed by atoms with Crippen LogP contribution >= 0.6 is 11.6 Å². The Morgan fingerprint density at radius 3 is 2.33 bits per heavy atom. The lowest BCUT2D eigenvalue weighted by atomic mass is 10.0. The molecule has 0 bridgehead atoms. The van der Waals surface area contributed by atoms with Crippen molar-refractivity contribution in [1.29, 1.82) is 0 Å². The Labute approximate surface area is 199 Å². The standard InChI is InChI=1S/C29H25ClN2O/c1-21-19-25(15-16-26(21)30)33-18-17-32-28-10-6-5-9-27(28)31-29(32)20-22-11-13-24(14-12-22)23-7-3-2-4-8-23/h2-16,19H,17-18,20H2,1H3. The van der Waals surface area contributed by atoms with E-state index < -0.39 is 0 Å². The van der Waals surface area contributed by atoms with Crippen LogP contribution in [-0.2, 0) is 13.0 Å². The van der Waals surface area contributed by atoms with Crippen molar-refractivity contribution in [3.63, 3.8) is 0 Å². The lowest BCUT2D eigenvalue weighted by Gasteiger charge is -2.12. The van der Waals surface area contributed by atoms with Gasteiger partial charge in [-0.1, -0.05) is 78.3 Å². The molecule has 3 nitrogen and oxygen atoms in total. The molecule has 0 spiro atoms. The SMILES string of the molecule is Cc1cc(OCCn2c(Cc3ccc(-c4ccccc4)cc3)nc3ccccc32)ccc1Cl. The first kappa shape index (κ1) is 21.3. The summed E-state index contributed by atoms with van der Waals surface area (Å²) in [6.45, 7) is 3.26. The van der Waals surface area contributed by atoms with E-state index >= 15 is 0 Å². The second-order valence-electron chi connectivity index (χ2n) is 8.17. The fourth-order valence-corrected chi connectivity index (χ4v) is 4.22. The third-order valence-electron chi connectivity index (χ3n) is 5.87. The van der Waals surface area contributed by atoms with Gasteiger partial charge in [-0.15, -0.1) is 0 Å². The van der Waals surface area contributed by atoms with Gasteiger partial charge in [0.15, 0.2) is 0 Å². The first-order valence-corrected chi connectivity index (χ1v) is 11.5. The van der Waals surface area contributed by atoms with Gasteiger partial charge in [0.05, 0.1) is 17.6 Å². The number of aromatic nitrogens is 2. The highest BCUT2D eigenvalue weighted by atomic mass is 35.5. The van der Waals surface area contributed by atoms with Gasteiger partial charge in [0.1, 0.15) is 18.2 Å². The van der Waals surface area contributed by atoms with Crippen molar-refractivity contribution in [3.05, 3.63) is 119 Å². The van der Waals surface area contributed by atoms with Crippen molar-refractivity contribution in [2.75, 3.05) is 6.61 Å². The van der Waals surface area contributed by atoms with Crippen LogP contribution in [0.25, 0.3) is 22.2 Å². The molecule has 5 aromatic rings. The zero-order valence-electron chi connectivity index (χ0n) is 18.5. The summed E-state index contributed by atoms with van der Waals surface area (Å²) >= 11 is 6.14. The van der Waals surface area contributed by atoms with E-state index in [1.807, 2.05) is 37.3 Å². The largest absolute Gasteiger partial charge is 0.492 e. The van der Waals surface area contributed by atoms with Crippen LogP contribution in [0.1, 0.15) is 17.0 Å². The van der Waals surface area contributed by atoms with E-state index in [-0.39, 0.29) is 0 Å². The van der Waals surface area contributed by atoms with Crippen molar-refractivity contribution in [2.45, 2.75) is 19.9 Å². The first-order valence-electron chi connectivity index (χ1n) is 11.1. The topological polar surface area (TPSA) is 27.1 Å². The van der Waals surface area contributed by atoms with Crippen LogP contribution in [0.15, 0.2) is 97.1 Å². The minimum atomic E-state index is 0.557. The van der Waals surface area contributed by atoms with Gasteiger partial charge >= 0.3 is 0 Å². The van der Waals surface area contributed by atoms with Gasteiger partial charge in [0, 0.05) is 11.4 Å². The van der Waals surface area contributed by atoms with Gasteiger partial charge in [0.25, 0.3) is 0 Å². The summed E-state index contributed by atoms with van der Waals surface area (Å²) in [5, 5.41) is 0.753. The highest BCUT2D eigenvalue weighted by Crippen LogP contribution is 2.24. The Bertz CT molecular complexity index is 1370. The molecule has 0 fully saturated rings. The van der Waals surface area contributed by atoms with Crippen LogP contribution in [-0.4, -0.2) is 16.2 Å². The van der Waals surface area contributed by atoms with Crippen LogP contribution in [0, 0.1) is 6.92 Å². The molecule has 33 heavy (non-hydrogen) atoms. The second kappa shape index (κ2) is 9.51. The number of para-hydroxylation sites is 2. The number of aryl methyl sites for hydroxylation is 1. The number of nitrogens with zero attached hydrogens (tertiary/aromatic N) is 2. The molecule has 5 rings (SSSR count). The summed E-state index contributed by atoms with van der Waals surface area (Å²) in [7, 11) is 0. The average Bonchev–Trinajstić information content (AvgIpc) is 3.19. The van der Waals surface area contributed by atoms with Gasteiger partial charge < -0.3 is 9.30 Å². The zero-order chi connectivity index (χ0) is 22.6. The number of halogens is 1. The maximum Gasteiger partial charge on any atom is 0.119 e. The normalized spacial score (nSPS) is 11.1. The van der Waals surface area contributed by atoms with Crippen molar-refractivity contribution in [3.8, 4) is 16.9 Å². The fourth-order valence-electron chi connectivity index (χ4n) is 4.10. The second-order valence-corrected chi connectivity index (χ2v) is 8.57. The number of hydrogen-bond acceptors (Lipinski definition) is 2. The first-order chi connectivity index (χ1) is 16.2. The highest BCUT2D eigenvalue weighted by Gasteiger charge is 2.12. The lowest BCUT2D eigenvalue weighted by Crippen LogP contribution is -2.11. The molecular formula is C29H25ClN2O. The zero-order valence-corrected chi connectivity index (χ0v) is 19.3. The van der Waals surface area contributed by atoms with Gasteiger partial charge in [0.2, 0.25) is 0 Å². The molecule has 164 valence electrons. The monoisotopic (exact) mass is 452 g/mol. The molecule has 1 heterocycles. The van der Waals surface area contributed by atoms with Crippen LogP contribution in [0.5, 0.6) is 5.75 Å². The molecule has 0 unspecified atom stereocenters. The van der Waals surface area contributed by atoms with Crippen LogP contribution in [0.2, 0.25) is 5.02 Å². The lowest BCUT2D eigenvalue weighted by molar-refractivity contribution is 0.298. The molecule has 4 heteroatoms. The van der Waals surface area contributed by atoms with Crippen LogP contribution < -0.4 is 4.74 Å². The molecule has 0 saturated carbocycles. The molecule has 0 saturated heterocycles. The van der Waals surface area contributed by atoms with Crippen molar-refractivity contribution in [1.82, 2.24) is 9.55 Å². The Morgan fingerprint density at radius 2 is 1.55 bits per heavy atom. The number of hydrogen-bond donors (Lipinski definition) is 0. The van der Waals surface area contributed by atoms with Gasteiger partial charge in [-0.2, -0.15) is 0 Å². The smallest absolute Gasteiger partial charge is 0.119 e. The van der Waals surface area contributed by atoms with E-state index in [0.29, 0.717) is 6.61 Å². The van der Waals surface area contributed by atoms with Crippen LogP contribution in [0.4, 0.5) is 0 Å². The number of ether oxygens (including phenoxy) is 1. The van der Waals surface area contributed by atoms with Gasteiger partial charge in [-0.3, -0.25) is 0 Å². The van der Waals surface area contributed by atoms with E-state index in [4.69, 9.17) is 21.3 Å². The quantitative estimate of drug-likeness (QED) is 0.258. The summed E-state index contributed by atoms with van der Waals surface area (Å²) in [6, 6.07) is 33.3. The minimum absolute atomic E-state index is 0.557. The minimum Gasteiger partial charge on any atom is -0.492 e. The number of benzene rings is 4. The summed E-state index contributed by atoms with van der Waals surface area (Å²) in [4.78, 5) is 4.93. The van der Waals surface area contributed by atoms with E-state index in [2.05, 4.69) is 71.3 Å². The molecule has 1 aromatic heterocycles. The number of fused-ring (bicyclic) bond motifs is 1. The molecule has 0 aliphatic rings. The van der Waals surface area contributed by atoms with E-state index in [1.165, 1.54) is 16.7 Å². The molecule has 0 amide bonds. The third kappa shape index (κ3) is 4.79. The van der Waals surface area contributed by atoms with Crippen molar-refractivity contribution >= 4 is 22.6 Å². The predicted molar refractivity (Wildman–Crippen MR) is 136 cm³/mol. The van der Waals surface area contributed by atoms with Crippen LogP contribution in [0.3, 0.4) is 0 Å². The molecule has 0 atom stereocenters. The Morgan fingerprint density at radius 1 is 0.818 bits per heavy atom. The molecule has 0 radical (unpaired) electrons. The summed E-state index contributed by atoms with van der Waals surface area (Å²) in [5.41, 5.74) is 6.84. The summed E-state index contributed by atoms with van der Waals surface area (Å²) in [6.07, 6.45) is 0.768. The molecular weight excluding hydrogens is 428 g/mol. The number of rotatable bonds is 7. The molecule has 0 aliphatic heterocycles. The maximum atomic E-state index is 6.14. The summed E-state index contributed by atoms with van der Waals surface area (Å²) in [5.74, 6) is 1.87. The predicted octanol–water partition coefficient (Wildman–Crippen LogP) is 7.33. The average molecular weight is 453 g/mol. The highest BCUT2D eigenvalue weighted by molar-refractivity contribution is 6.31. The fraction of sp³-hybridized carbons (Fsp3) is 0.138. The Kier molecular flexibility index (Phi) is 6.14. The van der Waals surface area contributed by atoms with Crippen molar-refractivity contribution in [2.24, 2.45) is 0 Å². The van der Waals surface area contributed by atoms with E-state index in [1.54, 1.807) is 0 Å². The van der Waals surface area contributed by atoms with Crippen molar-refractivity contribution < 1.29 is 4.74 Å². The van der Waals surface area contributed by atoms with Gasteiger partial charge in [-0.25, -0.2) is 4.98 Å². The van der Waals surface area contributed by atoms with Gasteiger partial charge in [-0.05, 0) is 59.5 Å².